The van der Waals surface area contributed by atoms with Gasteiger partial charge in [-0.3, -0.25) is 4.79 Å². The molecular weight excluding hydrogens is 288 g/mol. The standard InChI is InChI=1S/C20H36O3/c1-3-4-5-6-7-8-9-10-11-12-13-14-15-16-17-19(18-21)20(22)23-2/h10-11,18-19H,3-9,12-17H2,1-2H3/b11-10-. The molecule has 134 valence electrons. The zero-order valence-electron chi connectivity index (χ0n) is 15.2. The minimum Gasteiger partial charge on any atom is -0.468 e. The maximum Gasteiger partial charge on any atom is 0.315 e. The van der Waals surface area contributed by atoms with E-state index in [4.69, 9.17) is 0 Å². The van der Waals surface area contributed by atoms with Crippen LogP contribution in [0.25, 0.3) is 0 Å². The predicted molar refractivity (Wildman–Crippen MR) is 96.4 cm³/mol. The molecule has 3 nitrogen and oxygen atoms in total. The normalized spacial score (nSPS) is 12.4. The molecule has 0 radical (unpaired) electrons. The molecule has 3 heteroatoms. The second-order valence-corrected chi connectivity index (χ2v) is 6.29. The highest BCUT2D eigenvalue weighted by Gasteiger charge is 2.16. The lowest BCUT2D eigenvalue weighted by molar-refractivity contribution is -0.147. The zero-order valence-corrected chi connectivity index (χ0v) is 15.2. The number of carbonyl (C=O) groups excluding carboxylic acids is 2. The molecule has 0 aromatic rings. The van der Waals surface area contributed by atoms with Gasteiger partial charge in [0.25, 0.3) is 0 Å². The molecule has 0 aliphatic rings. The highest BCUT2D eigenvalue weighted by molar-refractivity contribution is 5.87. The topological polar surface area (TPSA) is 43.4 Å². The van der Waals surface area contributed by atoms with Gasteiger partial charge in [-0.15, -0.1) is 0 Å². The number of aldehydes is 1. The summed E-state index contributed by atoms with van der Waals surface area (Å²) in [5.74, 6) is -0.977. The number of esters is 1. The molecule has 1 unspecified atom stereocenters. The van der Waals surface area contributed by atoms with Gasteiger partial charge in [0.05, 0.1) is 7.11 Å². The van der Waals surface area contributed by atoms with Crippen molar-refractivity contribution in [2.45, 2.75) is 90.4 Å². The van der Waals surface area contributed by atoms with E-state index >= 15 is 0 Å². The van der Waals surface area contributed by atoms with Crippen LogP contribution in [0.4, 0.5) is 0 Å². The Kier molecular flexibility index (Phi) is 16.4. The average Bonchev–Trinajstić information content (AvgIpc) is 2.58. The molecular formula is C20H36O3. The quantitative estimate of drug-likeness (QED) is 0.122. The van der Waals surface area contributed by atoms with E-state index < -0.39 is 11.9 Å². The Balaban J connectivity index is 3.33. The molecule has 0 saturated heterocycles. The lowest BCUT2D eigenvalue weighted by atomic mass is 10.0. The summed E-state index contributed by atoms with van der Waals surface area (Å²) in [5.41, 5.74) is 0. The fraction of sp³-hybridized carbons (Fsp3) is 0.800. The van der Waals surface area contributed by atoms with Crippen LogP contribution in [0.5, 0.6) is 0 Å². The van der Waals surface area contributed by atoms with Crippen LogP contribution in [-0.2, 0) is 14.3 Å². The number of allylic oxidation sites excluding steroid dienone is 2. The number of ether oxygens (including phenoxy) is 1. The van der Waals surface area contributed by atoms with E-state index in [0.29, 0.717) is 12.7 Å². The fourth-order valence-corrected chi connectivity index (χ4v) is 2.65. The zero-order chi connectivity index (χ0) is 17.2. The van der Waals surface area contributed by atoms with E-state index in [1.165, 1.54) is 58.5 Å². The van der Waals surface area contributed by atoms with E-state index in [9.17, 15) is 9.59 Å². The van der Waals surface area contributed by atoms with Crippen LogP contribution < -0.4 is 0 Å². The average molecular weight is 325 g/mol. The van der Waals surface area contributed by atoms with Gasteiger partial charge in [0.2, 0.25) is 0 Å². The van der Waals surface area contributed by atoms with Crippen molar-refractivity contribution >= 4 is 12.3 Å². The Labute approximate surface area is 142 Å². The smallest absolute Gasteiger partial charge is 0.315 e. The van der Waals surface area contributed by atoms with Crippen LogP contribution in [0.15, 0.2) is 12.2 Å². The van der Waals surface area contributed by atoms with Crippen molar-refractivity contribution in [3.63, 3.8) is 0 Å². The molecule has 1 atom stereocenters. The molecule has 0 aromatic heterocycles. The Morgan fingerprint density at radius 3 is 1.91 bits per heavy atom. The number of methoxy groups -OCH3 is 1. The van der Waals surface area contributed by atoms with Crippen LogP contribution in [0.3, 0.4) is 0 Å². The molecule has 0 bridgehead atoms. The summed E-state index contributed by atoms with van der Waals surface area (Å²) >= 11 is 0. The van der Waals surface area contributed by atoms with Crippen molar-refractivity contribution in [3.8, 4) is 0 Å². The number of rotatable bonds is 16. The van der Waals surface area contributed by atoms with Crippen LogP contribution in [0, 0.1) is 5.92 Å². The number of unbranched alkanes of at least 4 members (excludes halogenated alkanes) is 10. The third-order valence-electron chi connectivity index (χ3n) is 4.20. The van der Waals surface area contributed by atoms with Gasteiger partial charge in [0, 0.05) is 0 Å². The molecule has 0 heterocycles. The third-order valence-corrected chi connectivity index (χ3v) is 4.20. The molecule has 0 aliphatic heterocycles. The molecule has 0 aliphatic carbocycles. The van der Waals surface area contributed by atoms with E-state index in [2.05, 4.69) is 23.8 Å². The Hall–Kier alpha value is -1.12. The largest absolute Gasteiger partial charge is 0.468 e. The second kappa shape index (κ2) is 17.2. The SMILES string of the molecule is CCCCCCCC/C=C\CCCCCCC(C=O)C(=O)OC. The molecule has 0 aromatic carbocycles. The third kappa shape index (κ3) is 14.2. The lowest BCUT2D eigenvalue weighted by Gasteiger charge is -2.07. The Bertz CT molecular complexity index is 310. The van der Waals surface area contributed by atoms with Crippen molar-refractivity contribution in [1.82, 2.24) is 0 Å². The number of hydrogen-bond donors (Lipinski definition) is 0. The maximum absolute atomic E-state index is 11.2. The Morgan fingerprint density at radius 1 is 0.870 bits per heavy atom. The molecule has 0 N–H and O–H groups in total. The van der Waals surface area contributed by atoms with Gasteiger partial charge in [0.1, 0.15) is 12.2 Å². The van der Waals surface area contributed by atoms with Crippen molar-refractivity contribution in [1.29, 1.82) is 0 Å². The summed E-state index contributed by atoms with van der Waals surface area (Å²) in [7, 11) is 1.33. The van der Waals surface area contributed by atoms with Crippen LogP contribution in [0.1, 0.15) is 90.4 Å². The minimum atomic E-state index is -0.572. The van der Waals surface area contributed by atoms with E-state index in [-0.39, 0.29) is 0 Å². The van der Waals surface area contributed by atoms with Crippen molar-refractivity contribution in [2.24, 2.45) is 5.92 Å². The highest BCUT2D eigenvalue weighted by atomic mass is 16.5. The molecule has 0 fully saturated rings. The van der Waals surface area contributed by atoms with Gasteiger partial charge in [-0.05, 0) is 32.1 Å². The second-order valence-electron chi connectivity index (χ2n) is 6.29. The van der Waals surface area contributed by atoms with Gasteiger partial charge in [-0.25, -0.2) is 0 Å². The van der Waals surface area contributed by atoms with Crippen molar-refractivity contribution in [2.75, 3.05) is 7.11 Å². The van der Waals surface area contributed by atoms with Gasteiger partial charge in [0.15, 0.2) is 0 Å². The number of carbonyl (C=O) groups is 2. The van der Waals surface area contributed by atoms with Crippen LogP contribution in [-0.4, -0.2) is 19.4 Å². The summed E-state index contributed by atoms with van der Waals surface area (Å²) in [6.45, 7) is 2.25. The van der Waals surface area contributed by atoms with E-state index in [0.717, 1.165) is 25.7 Å². The predicted octanol–water partition coefficient (Wildman–Crippen LogP) is 5.62. The molecule has 0 spiro atoms. The lowest BCUT2D eigenvalue weighted by Crippen LogP contribution is -2.17. The fourth-order valence-electron chi connectivity index (χ4n) is 2.65. The van der Waals surface area contributed by atoms with E-state index in [1.54, 1.807) is 0 Å². The van der Waals surface area contributed by atoms with Crippen molar-refractivity contribution in [3.05, 3.63) is 12.2 Å². The summed E-state index contributed by atoms with van der Waals surface area (Å²) in [6.07, 6.45) is 20.8. The van der Waals surface area contributed by atoms with Gasteiger partial charge >= 0.3 is 5.97 Å². The van der Waals surface area contributed by atoms with Crippen LogP contribution >= 0.6 is 0 Å². The first-order chi connectivity index (χ1) is 11.3. The summed E-state index contributed by atoms with van der Waals surface area (Å²) in [6, 6.07) is 0. The summed E-state index contributed by atoms with van der Waals surface area (Å²) in [4.78, 5) is 22.0. The molecule has 23 heavy (non-hydrogen) atoms. The van der Waals surface area contributed by atoms with Crippen molar-refractivity contribution < 1.29 is 14.3 Å². The minimum absolute atomic E-state index is 0.405. The van der Waals surface area contributed by atoms with Gasteiger partial charge in [-0.1, -0.05) is 70.4 Å². The first-order valence-electron chi connectivity index (χ1n) is 9.44. The van der Waals surface area contributed by atoms with E-state index in [1.807, 2.05) is 0 Å². The molecule has 0 rings (SSSR count). The Morgan fingerprint density at radius 2 is 1.39 bits per heavy atom. The molecule has 0 amide bonds. The molecule has 0 saturated carbocycles. The van der Waals surface area contributed by atoms with Gasteiger partial charge in [-0.2, -0.15) is 0 Å². The monoisotopic (exact) mass is 324 g/mol. The summed E-state index contributed by atoms with van der Waals surface area (Å²) < 4.78 is 4.59. The van der Waals surface area contributed by atoms with Gasteiger partial charge < -0.3 is 9.53 Å². The summed E-state index contributed by atoms with van der Waals surface area (Å²) in [5, 5.41) is 0. The number of hydrogen-bond acceptors (Lipinski definition) is 3. The first kappa shape index (κ1) is 21.9. The maximum atomic E-state index is 11.2. The van der Waals surface area contributed by atoms with Crippen LogP contribution in [0.2, 0.25) is 0 Å². The highest BCUT2D eigenvalue weighted by Crippen LogP contribution is 2.12. The first-order valence-corrected chi connectivity index (χ1v) is 9.44.